The van der Waals surface area contributed by atoms with Gasteiger partial charge in [0.1, 0.15) is 11.5 Å². The van der Waals surface area contributed by atoms with Crippen molar-refractivity contribution in [1.29, 1.82) is 0 Å². The molecule has 0 radical (unpaired) electrons. The Morgan fingerprint density at radius 2 is 1.61 bits per heavy atom. The molecule has 0 aromatic heterocycles. The second-order valence-electron chi connectivity index (χ2n) is 8.37. The van der Waals surface area contributed by atoms with Gasteiger partial charge in [0.15, 0.2) is 0 Å². The van der Waals surface area contributed by atoms with Crippen LogP contribution in [0.4, 0.5) is 11.4 Å². The fourth-order valence-corrected chi connectivity index (χ4v) is 4.29. The predicted octanol–water partition coefficient (Wildman–Crippen LogP) is 6.56. The summed E-state index contributed by atoms with van der Waals surface area (Å²) in [5.41, 5.74) is 5.65. The van der Waals surface area contributed by atoms with E-state index in [2.05, 4.69) is 49.9 Å². The van der Waals surface area contributed by atoms with Gasteiger partial charge in [0.05, 0.1) is 23.9 Å². The molecule has 0 unspecified atom stereocenters. The molecule has 0 saturated heterocycles. The minimum absolute atomic E-state index is 0.259. The van der Waals surface area contributed by atoms with Gasteiger partial charge < -0.3 is 14.4 Å². The second kappa shape index (κ2) is 7.95. The van der Waals surface area contributed by atoms with Gasteiger partial charge in [-0.2, -0.15) is 0 Å². The number of anilines is 2. The summed E-state index contributed by atoms with van der Waals surface area (Å²) < 4.78 is 11.4. The maximum Gasteiger partial charge on any atom is 0.343 e. The fraction of sp³-hybridized carbons (Fsp3) is 0.222. The molecular formula is C27H27NO3. The van der Waals surface area contributed by atoms with E-state index >= 15 is 0 Å². The normalized spacial score (nSPS) is 14.5. The van der Waals surface area contributed by atoms with Gasteiger partial charge in [-0.3, -0.25) is 0 Å². The summed E-state index contributed by atoms with van der Waals surface area (Å²) in [7, 11) is 1.63. The van der Waals surface area contributed by atoms with Crippen molar-refractivity contribution >= 4 is 22.9 Å². The van der Waals surface area contributed by atoms with Crippen LogP contribution in [0, 0.1) is 6.92 Å². The highest BCUT2D eigenvalue weighted by Crippen LogP contribution is 2.47. The second-order valence-corrected chi connectivity index (χ2v) is 8.37. The molecule has 4 rings (SSSR count). The largest absolute Gasteiger partial charge is 0.494 e. The fourth-order valence-electron chi connectivity index (χ4n) is 4.29. The Morgan fingerprint density at radius 3 is 2.35 bits per heavy atom. The lowest BCUT2D eigenvalue weighted by Gasteiger charge is -2.43. The van der Waals surface area contributed by atoms with Gasteiger partial charge in [0.25, 0.3) is 0 Å². The molecule has 0 N–H and O–H groups in total. The topological polar surface area (TPSA) is 38.8 Å². The molecule has 0 bridgehead atoms. The Labute approximate surface area is 183 Å². The number of benzene rings is 3. The van der Waals surface area contributed by atoms with Gasteiger partial charge in [0.2, 0.25) is 0 Å². The SMILES string of the molecule is COc1cc(OC(=O)c2ccccc2C)ccc1N1c2ccccc2C(C)=CC1(C)C. The molecule has 0 aliphatic carbocycles. The molecule has 0 atom stereocenters. The highest BCUT2D eigenvalue weighted by molar-refractivity contribution is 5.93. The third kappa shape index (κ3) is 3.81. The van der Waals surface area contributed by atoms with Crippen LogP contribution in [-0.4, -0.2) is 18.6 Å². The van der Waals surface area contributed by atoms with Crippen LogP contribution < -0.4 is 14.4 Å². The van der Waals surface area contributed by atoms with Crippen LogP contribution in [0.5, 0.6) is 11.5 Å². The number of hydrogen-bond acceptors (Lipinski definition) is 4. The zero-order chi connectivity index (χ0) is 22.2. The zero-order valence-electron chi connectivity index (χ0n) is 18.6. The van der Waals surface area contributed by atoms with Crippen LogP contribution in [0.3, 0.4) is 0 Å². The van der Waals surface area contributed by atoms with Crippen molar-refractivity contribution in [3.05, 3.63) is 89.5 Å². The summed E-state index contributed by atoms with van der Waals surface area (Å²) in [5.74, 6) is 0.713. The smallest absolute Gasteiger partial charge is 0.343 e. The molecule has 4 heteroatoms. The van der Waals surface area contributed by atoms with Crippen molar-refractivity contribution in [3.63, 3.8) is 0 Å². The Balaban J connectivity index is 1.72. The summed E-state index contributed by atoms with van der Waals surface area (Å²) in [4.78, 5) is 14.9. The molecule has 3 aromatic rings. The van der Waals surface area contributed by atoms with E-state index in [0.717, 1.165) is 16.9 Å². The molecular weight excluding hydrogens is 386 g/mol. The van der Waals surface area contributed by atoms with E-state index in [1.165, 1.54) is 11.1 Å². The van der Waals surface area contributed by atoms with E-state index in [1.807, 2.05) is 43.3 Å². The van der Waals surface area contributed by atoms with E-state index in [-0.39, 0.29) is 11.5 Å². The lowest BCUT2D eigenvalue weighted by atomic mass is 9.88. The van der Waals surface area contributed by atoms with Gasteiger partial charge in [-0.05, 0) is 63.1 Å². The molecule has 4 nitrogen and oxygen atoms in total. The molecule has 1 aliphatic rings. The number of carbonyl (C=O) groups excluding carboxylic acids is 1. The maximum absolute atomic E-state index is 12.6. The number of ether oxygens (including phenoxy) is 2. The van der Waals surface area contributed by atoms with Crippen molar-refractivity contribution in [2.24, 2.45) is 0 Å². The van der Waals surface area contributed by atoms with Crippen molar-refractivity contribution in [2.45, 2.75) is 33.2 Å². The first kappa shape index (κ1) is 20.7. The Kier molecular flexibility index (Phi) is 5.32. The number of nitrogens with zero attached hydrogens (tertiary/aromatic N) is 1. The summed E-state index contributed by atoms with van der Waals surface area (Å²) in [6.07, 6.45) is 2.26. The van der Waals surface area contributed by atoms with Crippen molar-refractivity contribution < 1.29 is 14.3 Å². The van der Waals surface area contributed by atoms with Gasteiger partial charge in [-0.1, -0.05) is 42.5 Å². The average Bonchev–Trinajstić information content (AvgIpc) is 2.74. The Morgan fingerprint density at radius 1 is 0.903 bits per heavy atom. The standard InChI is InChI=1S/C27H27NO3/c1-18-10-6-7-12-22(18)26(29)31-20-14-15-24(25(16-20)30-5)28-23-13-9-8-11-21(23)19(2)17-27(28,3)4/h6-17H,1-5H3. The zero-order valence-corrected chi connectivity index (χ0v) is 18.6. The van der Waals surface area contributed by atoms with Gasteiger partial charge in [-0.25, -0.2) is 4.79 Å². The molecule has 1 aliphatic heterocycles. The number of para-hydroxylation sites is 1. The van der Waals surface area contributed by atoms with E-state index in [9.17, 15) is 4.79 Å². The number of rotatable bonds is 4. The lowest BCUT2D eigenvalue weighted by Crippen LogP contribution is -2.41. The number of methoxy groups -OCH3 is 1. The highest BCUT2D eigenvalue weighted by atomic mass is 16.5. The van der Waals surface area contributed by atoms with Crippen LogP contribution in [0.15, 0.2) is 72.8 Å². The maximum atomic E-state index is 12.6. The molecule has 0 fully saturated rings. The Hall–Kier alpha value is -3.53. The molecule has 0 saturated carbocycles. The molecule has 1 heterocycles. The number of carbonyl (C=O) groups is 1. The third-order valence-corrected chi connectivity index (χ3v) is 5.68. The highest BCUT2D eigenvalue weighted by Gasteiger charge is 2.34. The van der Waals surface area contributed by atoms with Crippen LogP contribution in [-0.2, 0) is 0 Å². The Bertz CT molecular complexity index is 1180. The quantitative estimate of drug-likeness (QED) is 0.359. The number of fused-ring (bicyclic) bond motifs is 1. The van der Waals surface area contributed by atoms with Crippen LogP contribution in [0.1, 0.15) is 42.3 Å². The van der Waals surface area contributed by atoms with E-state index < -0.39 is 0 Å². The summed E-state index contributed by atoms with van der Waals surface area (Å²) in [6, 6.07) is 21.3. The van der Waals surface area contributed by atoms with Gasteiger partial charge in [0, 0.05) is 17.3 Å². The summed E-state index contributed by atoms with van der Waals surface area (Å²) >= 11 is 0. The average molecular weight is 414 g/mol. The number of hydrogen-bond donors (Lipinski definition) is 0. The number of aryl methyl sites for hydroxylation is 1. The number of allylic oxidation sites excluding steroid dienone is 1. The molecule has 31 heavy (non-hydrogen) atoms. The van der Waals surface area contributed by atoms with Crippen molar-refractivity contribution in [3.8, 4) is 11.5 Å². The molecule has 0 spiro atoms. The minimum Gasteiger partial charge on any atom is -0.494 e. The van der Waals surface area contributed by atoms with E-state index in [1.54, 1.807) is 19.2 Å². The predicted molar refractivity (Wildman–Crippen MR) is 125 cm³/mol. The lowest BCUT2D eigenvalue weighted by molar-refractivity contribution is 0.0733. The van der Waals surface area contributed by atoms with E-state index in [4.69, 9.17) is 9.47 Å². The minimum atomic E-state index is -0.380. The number of esters is 1. The molecule has 3 aromatic carbocycles. The van der Waals surface area contributed by atoms with Gasteiger partial charge >= 0.3 is 5.97 Å². The molecule has 158 valence electrons. The summed E-state index contributed by atoms with van der Waals surface area (Å²) in [6.45, 7) is 8.39. The van der Waals surface area contributed by atoms with Gasteiger partial charge in [-0.15, -0.1) is 0 Å². The van der Waals surface area contributed by atoms with Crippen LogP contribution in [0.2, 0.25) is 0 Å². The third-order valence-electron chi connectivity index (χ3n) is 5.68. The molecule has 0 amide bonds. The van der Waals surface area contributed by atoms with Crippen molar-refractivity contribution in [2.75, 3.05) is 12.0 Å². The van der Waals surface area contributed by atoms with Crippen LogP contribution >= 0.6 is 0 Å². The first-order chi connectivity index (χ1) is 14.8. The monoisotopic (exact) mass is 413 g/mol. The van der Waals surface area contributed by atoms with Crippen molar-refractivity contribution in [1.82, 2.24) is 0 Å². The van der Waals surface area contributed by atoms with E-state index in [0.29, 0.717) is 17.1 Å². The first-order valence-electron chi connectivity index (χ1n) is 10.4. The summed E-state index contributed by atoms with van der Waals surface area (Å²) in [5, 5.41) is 0. The first-order valence-corrected chi connectivity index (χ1v) is 10.4. The van der Waals surface area contributed by atoms with Crippen LogP contribution in [0.25, 0.3) is 5.57 Å².